The van der Waals surface area contributed by atoms with Gasteiger partial charge in [0.15, 0.2) is 22.2 Å². The van der Waals surface area contributed by atoms with Gasteiger partial charge in [-0.15, -0.1) is 34.0 Å². The van der Waals surface area contributed by atoms with E-state index in [2.05, 4.69) is 69.8 Å². The van der Waals surface area contributed by atoms with Gasteiger partial charge in [-0.2, -0.15) is 19.7 Å². The standard InChI is InChI=1S/C23H18Cl2IN3OS.C22H17Cl2FN4OS.C21H21BrCl2N4OS/c1-13-21(23(30)27-14(2)15-6-4-3-5-7-15)28-29(18-9-8-16(24)12-17(18)25)22(13)19-10-11-20(26)31-19;1-12-20(22(30)27-13(2)16-5-3-4-10-26-16)28-29(17-7-6-14(23)11-15(17)24)21(12)18-8-9-19(25)31-18;1-2-14-19(21(29)26-27-10-4-3-5-11-27)25-28(16-7-6-13(23)12-15(16)24)20(14)17-8-9-18(22)30-17/h3-12,14H,1-2H3,(H,27,30);3-11,13H,1-2H3,(H,27,30);6-9,12H,2-5,10-11H2,1H3,(H,26,29)/t14-;13-;/m00./s1. The summed E-state index contributed by atoms with van der Waals surface area (Å²) < 4.78 is 21.0. The molecule has 11 aromatic rings. The number of hydrazine groups is 1. The van der Waals surface area contributed by atoms with Crippen LogP contribution in [0.3, 0.4) is 0 Å². The van der Waals surface area contributed by atoms with E-state index in [0.717, 1.165) is 87.5 Å². The zero-order valence-corrected chi connectivity index (χ0v) is 60.4. The van der Waals surface area contributed by atoms with Crippen molar-refractivity contribution in [1.29, 1.82) is 0 Å². The smallest absolute Gasteiger partial charge is 0.286 e. The molecule has 7 aromatic heterocycles. The summed E-state index contributed by atoms with van der Waals surface area (Å²) in [7, 11) is 0. The summed E-state index contributed by atoms with van der Waals surface area (Å²) in [6.07, 6.45) is 5.71. The van der Waals surface area contributed by atoms with Gasteiger partial charge < -0.3 is 10.6 Å². The van der Waals surface area contributed by atoms with Crippen LogP contribution in [0.1, 0.15) is 112 Å². The fraction of sp³-hybridized carbons (Fsp3) is 0.197. The summed E-state index contributed by atoms with van der Waals surface area (Å²) in [5.41, 5.74) is 12.3. The number of carbonyl (C=O) groups is 3. The second-order valence-electron chi connectivity index (χ2n) is 21.1. The van der Waals surface area contributed by atoms with Gasteiger partial charge in [-0.1, -0.05) is 119 Å². The second-order valence-corrected chi connectivity index (χ2v) is 30.1. The normalized spacial score (nSPS) is 12.9. The fourth-order valence-corrected chi connectivity index (χ4v) is 15.7. The number of hydrogen-bond acceptors (Lipinski definition) is 11. The lowest BCUT2D eigenvalue weighted by atomic mass is 10.1. The van der Waals surface area contributed by atoms with Gasteiger partial charge in [0.2, 0.25) is 0 Å². The van der Waals surface area contributed by atoms with Crippen LogP contribution < -0.4 is 16.1 Å². The number of amides is 3. The minimum atomic E-state index is -0.363. The van der Waals surface area contributed by atoms with Crippen LogP contribution in [0.5, 0.6) is 0 Å². The predicted octanol–water partition coefficient (Wildman–Crippen LogP) is 19.9. The van der Waals surface area contributed by atoms with Crippen molar-refractivity contribution in [2.75, 3.05) is 13.1 Å². The van der Waals surface area contributed by atoms with Crippen LogP contribution in [0, 0.1) is 21.9 Å². The number of piperidine rings is 1. The molecule has 0 radical (unpaired) electrons. The number of rotatable bonds is 15. The van der Waals surface area contributed by atoms with Crippen LogP contribution in [0.15, 0.2) is 150 Å². The number of pyridine rings is 1. The number of hydrogen-bond donors (Lipinski definition) is 3. The van der Waals surface area contributed by atoms with Gasteiger partial charge in [0.1, 0.15) is 0 Å². The van der Waals surface area contributed by atoms with E-state index in [9.17, 15) is 18.8 Å². The molecule has 1 aliphatic heterocycles. The maximum Gasteiger partial charge on any atom is 0.286 e. The van der Waals surface area contributed by atoms with Crippen molar-refractivity contribution in [3.05, 3.63) is 233 Å². The van der Waals surface area contributed by atoms with Crippen LogP contribution in [-0.4, -0.2) is 70.1 Å². The molecule has 0 bridgehead atoms. The minimum Gasteiger partial charge on any atom is -0.344 e. The Labute approximate surface area is 595 Å². The first kappa shape index (κ1) is 68.9. The molecule has 92 heavy (non-hydrogen) atoms. The first-order valence-corrected chi connectivity index (χ1v) is 35.3. The molecule has 4 aromatic carbocycles. The average molecular weight is 1590 g/mol. The van der Waals surface area contributed by atoms with Gasteiger partial charge in [-0.3, -0.25) is 24.8 Å². The summed E-state index contributed by atoms with van der Waals surface area (Å²) in [5.74, 6) is -0.780. The lowest BCUT2D eigenvalue weighted by Gasteiger charge is -2.26. The number of benzene rings is 4. The molecule has 26 heteroatoms. The largest absolute Gasteiger partial charge is 0.344 e. The first-order chi connectivity index (χ1) is 44.2. The Morgan fingerprint density at radius 2 is 1.07 bits per heavy atom. The van der Waals surface area contributed by atoms with Crippen molar-refractivity contribution >= 4 is 160 Å². The molecular formula is C66H56BrCl6FIN11O3S3. The molecule has 0 unspecified atom stereocenters. The number of halogens is 9. The summed E-state index contributed by atoms with van der Waals surface area (Å²) in [5, 5.41) is 24.5. The Kier molecular flexibility index (Phi) is 23.2. The molecule has 474 valence electrons. The highest BCUT2D eigenvalue weighted by atomic mass is 127. The van der Waals surface area contributed by atoms with Crippen molar-refractivity contribution in [1.82, 2.24) is 55.4 Å². The molecular weight excluding hydrogens is 1530 g/mol. The summed E-state index contributed by atoms with van der Waals surface area (Å²) in [4.78, 5) is 46.4. The van der Waals surface area contributed by atoms with Crippen LogP contribution in [0.25, 0.3) is 48.8 Å². The number of nitrogens with one attached hydrogen (secondary N) is 3. The van der Waals surface area contributed by atoms with E-state index in [0.29, 0.717) is 81.1 Å². The molecule has 1 saturated heterocycles. The predicted molar refractivity (Wildman–Crippen MR) is 385 cm³/mol. The molecule has 0 aliphatic carbocycles. The van der Waals surface area contributed by atoms with E-state index in [1.54, 1.807) is 98.4 Å². The fourth-order valence-electron chi connectivity index (χ4n) is 10.3. The van der Waals surface area contributed by atoms with E-state index in [4.69, 9.17) is 74.7 Å². The molecule has 1 aliphatic rings. The number of aromatic nitrogens is 7. The highest BCUT2D eigenvalue weighted by Gasteiger charge is 2.30. The number of carbonyl (C=O) groups excluding carboxylic acids is 3. The third-order valence-electron chi connectivity index (χ3n) is 14.8. The van der Waals surface area contributed by atoms with Gasteiger partial charge in [0, 0.05) is 51.0 Å². The maximum atomic E-state index is 13.8. The molecule has 0 saturated carbocycles. The van der Waals surface area contributed by atoms with E-state index < -0.39 is 0 Å². The van der Waals surface area contributed by atoms with Gasteiger partial charge >= 0.3 is 0 Å². The van der Waals surface area contributed by atoms with E-state index in [-0.39, 0.29) is 40.6 Å². The Hall–Kier alpha value is -5.99. The Morgan fingerprint density at radius 3 is 1.53 bits per heavy atom. The van der Waals surface area contributed by atoms with Crippen molar-refractivity contribution in [2.45, 2.75) is 72.4 Å². The third kappa shape index (κ3) is 16.0. The van der Waals surface area contributed by atoms with Crippen molar-refractivity contribution < 1.29 is 18.8 Å². The zero-order chi connectivity index (χ0) is 65.5. The molecule has 3 amide bonds. The zero-order valence-electron chi connectivity index (χ0n) is 49.7. The SMILES string of the molecule is CCc1c(C(=O)NN2CCCCC2)nn(-c2ccc(Cl)cc2Cl)c1-c1ccc(Br)s1.Cc1c(C(=O)N[C@@H](C)c2ccccc2)nn(-c2ccc(Cl)cc2Cl)c1-c1ccc(I)s1.Cc1c(C(=O)N[C@@H](C)c2ccccn2)nn(-c2ccc(Cl)cc2Cl)c1-c1ccc(F)s1. The topological polar surface area (TPSA) is 157 Å². The number of nitrogens with zero attached hydrogens (tertiary/aromatic N) is 8. The number of thiophene rings is 3. The highest BCUT2D eigenvalue weighted by molar-refractivity contribution is 14.1. The van der Waals surface area contributed by atoms with Crippen molar-refractivity contribution in [3.8, 4) is 48.8 Å². The second kappa shape index (κ2) is 31.0. The monoisotopic (exact) mass is 1580 g/mol. The summed E-state index contributed by atoms with van der Waals surface area (Å²) in [6.45, 7) is 11.3. The van der Waals surface area contributed by atoms with Crippen molar-refractivity contribution in [2.24, 2.45) is 0 Å². The highest BCUT2D eigenvalue weighted by Crippen LogP contribution is 2.41. The third-order valence-corrected chi connectivity index (χ3v) is 20.8. The Balaban J connectivity index is 0.000000151. The molecule has 1 fully saturated rings. The molecule has 8 heterocycles. The van der Waals surface area contributed by atoms with Crippen LogP contribution in [0.4, 0.5) is 4.39 Å². The molecule has 12 rings (SSSR count). The maximum absolute atomic E-state index is 13.8. The summed E-state index contributed by atoms with van der Waals surface area (Å²) in [6, 6.07) is 41.5. The van der Waals surface area contributed by atoms with Gasteiger partial charge in [0.25, 0.3) is 17.7 Å². The van der Waals surface area contributed by atoms with E-state index in [1.165, 1.54) is 12.5 Å². The quantitative estimate of drug-likeness (QED) is 0.0857. The van der Waals surface area contributed by atoms with Gasteiger partial charge in [-0.05, 0) is 194 Å². The van der Waals surface area contributed by atoms with Gasteiger partial charge in [-0.25, -0.2) is 19.1 Å². The first-order valence-electron chi connectivity index (χ1n) is 28.8. The average Bonchev–Trinajstić information content (AvgIpc) is 1.63. The van der Waals surface area contributed by atoms with Crippen molar-refractivity contribution in [3.63, 3.8) is 0 Å². The lowest BCUT2D eigenvalue weighted by molar-refractivity contribution is 0.0742. The molecule has 2 atom stereocenters. The molecule has 0 spiro atoms. The van der Waals surface area contributed by atoms with E-state index in [1.807, 2.05) is 118 Å². The molecule has 14 nitrogen and oxygen atoms in total. The Morgan fingerprint density at radius 1 is 0.576 bits per heavy atom. The van der Waals surface area contributed by atoms with E-state index >= 15 is 0 Å². The van der Waals surface area contributed by atoms with Gasteiger partial charge in [0.05, 0.1) is 88.3 Å². The Bertz CT molecular complexity index is 4280. The minimum absolute atomic E-state index is 0.150. The van der Waals surface area contributed by atoms with Crippen LogP contribution in [-0.2, 0) is 6.42 Å². The summed E-state index contributed by atoms with van der Waals surface area (Å²) >= 11 is 47.7. The van der Waals surface area contributed by atoms with Crippen LogP contribution >= 0.6 is 142 Å². The molecule has 3 N–H and O–H groups in total. The van der Waals surface area contributed by atoms with Crippen LogP contribution in [0.2, 0.25) is 30.1 Å². The lowest BCUT2D eigenvalue weighted by Crippen LogP contribution is -2.45.